The minimum atomic E-state index is -0.976. The van der Waals surface area contributed by atoms with Gasteiger partial charge in [0.15, 0.2) is 11.6 Å². The van der Waals surface area contributed by atoms with E-state index in [9.17, 15) is 29.7 Å². The lowest BCUT2D eigenvalue weighted by molar-refractivity contribution is 0.0969. The highest BCUT2D eigenvalue weighted by Crippen LogP contribution is 2.54. The Morgan fingerprint density at radius 2 is 0.814 bits per heavy atom. The lowest BCUT2D eigenvalue weighted by atomic mass is 9.79. The van der Waals surface area contributed by atoms with Crippen LogP contribution >= 0.6 is 0 Å². The lowest BCUT2D eigenvalue weighted by Crippen LogP contribution is -2.36. The normalized spacial score (nSPS) is 19.1. The zero-order chi connectivity index (χ0) is 29.8. The third kappa shape index (κ3) is 3.59. The molecule has 0 saturated carbocycles. The highest BCUT2D eigenvalue weighted by molar-refractivity contribution is 6.30. The first-order valence-electron chi connectivity index (χ1n) is 13.6. The fourth-order valence-corrected chi connectivity index (χ4v) is 6.48. The van der Waals surface area contributed by atoms with Crippen LogP contribution in [0.15, 0.2) is 125 Å². The Hall–Kier alpha value is -6.18. The van der Waals surface area contributed by atoms with Crippen LogP contribution in [0.25, 0.3) is 0 Å². The van der Waals surface area contributed by atoms with E-state index in [4.69, 9.17) is 0 Å². The number of hydrogen-bond donors (Lipinski definition) is 0. The summed E-state index contributed by atoms with van der Waals surface area (Å²) in [6, 6.07) is 30.9. The van der Waals surface area contributed by atoms with Crippen LogP contribution in [0, 0.1) is 22.7 Å². The molecular formula is C36H19N3O4. The molecule has 2 aliphatic carbocycles. The van der Waals surface area contributed by atoms with Crippen molar-refractivity contribution in [1.82, 2.24) is 0 Å². The number of carbonyl (C=O) groups is 4. The van der Waals surface area contributed by atoms with Crippen LogP contribution in [-0.4, -0.2) is 23.1 Å². The summed E-state index contributed by atoms with van der Waals surface area (Å²) in [7, 11) is 0. The molecule has 3 aliphatic rings. The van der Waals surface area contributed by atoms with Crippen molar-refractivity contribution < 1.29 is 19.2 Å². The van der Waals surface area contributed by atoms with E-state index in [0.29, 0.717) is 16.8 Å². The molecule has 0 amide bonds. The molecule has 0 spiro atoms. The molecular weight excluding hydrogens is 538 g/mol. The maximum Gasteiger partial charge on any atom is 0.204 e. The SMILES string of the molecule is N#CC1=C(C2c3ccccc3C(C3=C(C#N)C(=O)c4ccccc4C3=O)N2c2ccccc2)C(=O)c2ccccc2C1=O. The number of benzene rings is 4. The molecule has 2 atom stereocenters. The van der Waals surface area contributed by atoms with Crippen molar-refractivity contribution in [3.63, 3.8) is 0 Å². The third-order valence-electron chi connectivity index (χ3n) is 8.28. The Kier molecular flexibility index (Phi) is 5.83. The smallest absolute Gasteiger partial charge is 0.204 e. The van der Waals surface area contributed by atoms with E-state index < -0.39 is 35.2 Å². The second kappa shape index (κ2) is 9.73. The molecule has 4 aromatic carbocycles. The monoisotopic (exact) mass is 557 g/mol. The third-order valence-corrected chi connectivity index (χ3v) is 8.28. The zero-order valence-corrected chi connectivity index (χ0v) is 22.4. The molecule has 0 radical (unpaired) electrons. The van der Waals surface area contributed by atoms with Gasteiger partial charge in [0.05, 0.1) is 12.1 Å². The van der Waals surface area contributed by atoms with Crippen LogP contribution in [0.5, 0.6) is 0 Å². The summed E-state index contributed by atoms with van der Waals surface area (Å²) in [6.07, 6.45) is 0. The van der Waals surface area contributed by atoms with Gasteiger partial charge in [0.1, 0.15) is 23.3 Å². The van der Waals surface area contributed by atoms with Crippen molar-refractivity contribution in [2.24, 2.45) is 0 Å². The van der Waals surface area contributed by atoms with Crippen molar-refractivity contribution in [3.05, 3.63) is 159 Å². The van der Waals surface area contributed by atoms with Gasteiger partial charge in [0, 0.05) is 39.1 Å². The van der Waals surface area contributed by atoms with Gasteiger partial charge in [-0.1, -0.05) is 91.0 Å². The molecule has 7 nitrogen and oxygen atoms in total. The number of hydrogen-bond acceptors (Lipinski definition) is 7. The molecule has 7 heteroatoms. The second-order valence-corrected chi connectivity index (χ2v) is 10.4. The summed E-state index contributed by atoms with van der Waals surface area (Å²) in [6.45, 7) is 0. The molecule has 1 aliphatic heterocycles. The van der Waals surface area contributed by atoms with Crippen LogP contribution in [0.2, 0.25) is 0 Å². The van der Waals surface area contributed by atoms with E-state index in [1.54, 1.807) is 89.8 Å². The molecule has 7 rings (SSSR count). The van der Waals surface area contributed by atoms with E-state index in [-0.39, 0.29) is 44.5 Å². The summed E-state index contributed by atoms with van der Waals surface area (Å²) in [5, 5.41) is 20.5. The zero-order valence-electron chi connectivity index (χ0n) is 22.4. The minimum absolute atomic E-state index is 0.0147. The van der Waals surface area contributed by atoms with Gasteiger partial charge in [-0.3, -0.25) is 19.2 Å². The number of Topliss-reactive ketones (excluding diaryl/α,β-unsaturated/α-hetero) is 4. The maximum atomic E-state index is 14.2. The number of para-hydroxylation sites is 1. The molecule has 0 bridgehead atoms. The summed E-state index contributed by atoms with van der Waals surface area (Å²) in [4.78, 5) is 57.5. The average Bonchev–Trinajstić information content (AvgIpc) is 3.38. The van der Waals surface area contributed by atoms with Gasteiger partial charge < -0.3 is 4.90 Å². The molecule has 0 saturated heterocycles. The Morgan fingerprint density at radius 3 is 1.21 bits per heavy atom. The molecule has 0 aromatic heterocycles. The van der Waals surface area contributed by atoms with Crippen molar-refractivity contribution in [2.45, 2.75) is 12.1 Å². The van der Waals surface area contributed by atoms with Gasteiger partial charge in [-0.15, -0.1) is 0 Å². The van der Waals surface area contributed by atoms with Crippen LogP contribution < -0.4 is 4.90 Å². The summed E-state index contributed by atoms with van der Waals surface area (Å²) in [5.41, 5.74) is 1.83. The molecule has 4 aromatic rings. The first kappa shape index (κ1) is 25.8. The Balaban J connectivity index is 1.55. The second-order valence-electron chi connectivity index (χ2n) is 10.4. The van der Waals surface area contributed by atoms with Gasteiger partial charge in [-0.05, 0) is 23.3 Å². The Morgan fingerprint density at radius 1 is 0.465 bits per heavy atom. The van der Waals surface area contributed by atoms with Crippen molar-refractivity contribution in [3.8, 4) is 12.1 Å². The number of carbonyl (C=O) groups excluding carboxylic acids is 4. The predicted octanol–water partition coefficient (Wildman–Crippen LogP) is 6.09. The summed E-state index contributed by atoms with van der Waals surface area (Å²) >= 11 is 0. The number of nitrogens with zero attached hydrogens (tertiary/aromatic N) is 3. The van der Waals surface area contributed by atoms with Crippen LogP contribution in [-0.2, 0) is 0 Å². The molecule has 1 heterocycles. The fraction of sp³-hybridized carbons (Fsp3) is 0.0556. The first-order chi connectivity index (χ1) is 21.0. The number of fused-ring (bicyclic) bond motifs is 3. The van der Waals surface area contributed by atoms with E-state index in [1.807, 2.05) is 18.2 Å². The van der Waals surface area contributed by atoms with Gasteiger partial charge in [-0.25, -0.2) is 0 Å². The van der Waals surface area contributed by atoms with E-state index >= 15 is 0 Å². The van der Waals surface area contributed by atoms with Gasteiger partial charge >= 0.3 is 0 Å². The van der Waals surface area contributed by atoms with Crippen molar-refractivity contribution >= 4 is 28.8 Å². The summed E-state index contributed by atoms with van der Waals surface area (Å²) in [5.74, 6) is -2.06. The van der Waals surface area contributed by atoms with Crippen LogP contribution in [0.3, 0.4) is 0 Å². The fourth-order valence-electron chi connectivity index (χ4n) is 6.48. The van der Waals surface area contributed by atoms with Crippen molar-refractivity contribution in [2.75, 3.05) is 4.90 Å². The predicted molar refractivity (Wildman–Crippen MR) is 156 cm³/mol. The quantitative estimate of drug-likeness (QED) is 0.299. The van der Waals surface area contributed by atoms with E-state index in [2.05, 4.69) is 0 Å². The molecule has 0 fully saturated rings. The number of nitriles is 2. The largest absolute Gasteiger partial charge is 0.349 e. The first-order valence-corrected chi connectivity index (χ1v) is 13.6. The average molecular weight is 558 g/mol. The number of ketones is 4. The van der Waals surface area contributed by atoms with Gasteiger partial charge in [-0.2, -0.15) is 10.5 Å². The Labute approximate surface area is 246 Å². The maximum absolute atomic E-state index is 14.2. The molecule has 43 heavy (non-hydrogen) atoms. The van der Waals surface area contributed by atoms with Crippen LogP contribution in [0.1, 0.15) is 64.6 Å². The highest BCUT2D eigenvalue weighted by Gasteiger charge is 2.50. The Bertz CT molecular complexity index is 1960. The van der Waals surface area contributed by atoms with Gasteiger partial charge in [0.2, 0.25) is 11.6 Å². The molecule has 0 N–H and O–H groups in total. The van der Waals surface area contributed by atoms with Crippen LogP contribution in [0.4, 0.5) is 5.69 Å². The number of rotatable bonds is 3. The standard InChI is InChI=1S/C36H19N3O4/c37-18-27-29(35(42)25-16-8-6-14-23(25)33(27)40)31-21-12-4-5-13-22(21)32(39(31)20-10-2-1-3-11-20)30-28(19-38)34(41)24-15-7-9-17-26(24)36(30)43/h1-17,31-32H. The van der Waals surface area contributed by atoms with E-state index in [0.717, 1.165) is 0 Å². The highest BCUT2D eigenvalue weighted by atomic mass is 16.1. The number of allylic oxidation sites excluding steroid dienone is 2. The lowest BCUT2D eigenvalue weighted by Gasteiger charge is -2.37. The van der Waals surface area contributed by atoms with Crippen molar-refractivity contribution in [1.29, 1.82) is 10.5 Å². The minimum Gasteiger partial charge on any atom is -0.349 e. The molecule has 2 unspecified atom stereocenters. The van der Waals surface area contributed by atoms with E-state index in [1.165, 1.54) is 12.1 Å². The van der Waals surface area contributed by atoms with Gasteiger partial charge in [0.25, 0.3) is 0 Å². The summed E-state index contributed by atoms with van der Waals surface area (Å²) < 4.78 is 0. The topological polar surface area (TPSA) is 119 Å². The molecule has 202 valence electrons. The number of anilines is 1.